The first kappa shape index (κ1) is 12.8. The lowest BCUT2D eigenvalue weighted by Gasteiger charge is -2.16. The summed E-state index contributed by atoms with van der Waals surface area (Å²) in [7, 11) is 0. The van der Waals surface area contributed by atoms with Crippen LogP contribution >= 0.6 is 11.5 Å². The second-order valence-electron chi connectivity index (χ2n) is 5.07. The molecule has 17 heavy (non-hydrogen) atoms. The normalized spacial score (nSPS) is 24.5. The average molecular weight is 255 g/mol. The first-order valence-electron chi connectivity index (χ1n) is 6.37. The molecule has 0 spiro atoms. The van der Waals surface area contributed by atoms with E-state index in [1.807, 2.05) is 0 Å². The predicted molar refractivity (Wildman–Crippen MR) is 69.4 cm³/mol. The summed E-state index contributed by atoms with van der Waals surface area (Å²) in [5.74, 6) is 2.48. The molecule has 1 aliphatic carbocycles. The Bertz CT molecular complexity index is 353. The molecule has 1 fully saturated rings. The fraction of sp³-hybridized carbons (Fsp3) is 0.833. The van der Waals surface area contributed by atoms with Crippen molar-refractivity contribution in [2.75, 3.05) is 13.2 Å². The van der Waals surface area contributed by atoms with Crippen LogP contribution in [0.25, 0.3) is 0 Å². The van der Waals surface area contributed by atoms with Gasteiger partial charge in [-0.25, -0.2) is 0 Å². The molecule has 2 N–H and O–H groups in total. The number of aromatic nitrogens is 2. The van der Waals surface area contributed by atoms with Gasteiger partial charge in [0.15, 0.2) is 0 Å². The molecular weight excluding hydrogens is 234 g/mol. The van der Waals surface area contributed by atoms with Crippen molar-refractivity contribution < 1.29 is 4.74 Å². The van der Waals surface area contributed by atoms with Crippen molar-refractivity contribution in [1.29, 1.82) is 0 Å². The minimum absolute atomic E-state index is 0.367. The Morgan fingerprint density at radius 2 is 2.18 bits per heavy atom. The number of hydrogen-bond acceptors (Lipinski definition) is 5. The van der Waals surface area contributed by atoms with E-state index in [4.69, 9.17) is 10.5 Å². The topological polar surface area (TPSA) is 61.0 Å². The summed E-state index contributed by atoms with van der Waals surface area (Å²) in [6.45, 7) is 5.70. The minimum Gasteiger partial charge on any atom is -0.469 e. The largest absolute Gasteiger partial charge is 0.469 e. The number of rotatable bonds is 5. The van der Waals surface area contributed by atoms with Gasteiger partial charge in [-0.2, -0.15) is 9.36 Å². The number of hydrogen-bond donors (Lipinski definition) is 1. The van der Waals surface area contributed by atoms with Crippen molar-refractivity contribution in [3.8, 4) is 5.19 Å². The molecule has 1 heterocycles. The Hall–Kier alpha value is -0.680. The van der Waals surface area contributed by atoms with Crippen LogP contribution in [0.15, 0.2) is 0 Å². The maximum Gasteiger partial charge on any atom is 0.293 e. The molecule has 0 aliphatic heterocycles. The van der Waals surface area contributed by atoms with Crippen molar-refractivity contribution in [2.24, 2.45) is 17.6 Å². The van der Waals surface area contributed by atoms with Crippen LogP contribution in [0, 0.1) is 11.8 Å². The molecule has 96 valence electrons. The summed E-state index contributed by atoms with van der Waals surface area (Å²) in [5, 5.41) is 0.705. The molecule has 2 unspecified atom stereocenters. The van der Waals surface area contributed by atoms with Crippen molar-refractivity contribution in [3.05, 3.63) is 5.82 Å². The van der Waals surface area contributed by atoms with Crippen LogP contribution in [0.4, 0.5) is 0 Å². The second-order valence-corrected chi connectivity index (χ2v) is 5.79. The van der Waals surface area contributed by atoms with Crippen LogP contribution in [0.2, 0.25) is 0 Å². The lowest BCUT2D eigenvalue weighted by atomic mass is 9.97. The van der Waals surface area contributed by atoms with Crippen molar-refractivity contribution in [2.45, 2.75) is 39.0 Å². The minimum atomic E-state index is 0.367. The Morgan fingerprint density at radius 3 is 2.82 bits per heavy atom. The summed E-state index contributed by atoms with van der Waals surface area (Å²) < 4.78 is 10.0. The molecule has 2 atom stereocenters. The summed E-state index contributed by atoms with van der Waals surface area (Å²) in [4.78, 5) is 4.38. The van der Waals surface area contributed by atoms with Gasteiger partial charge in [-0.15, -0.1) is 0 Å². The monoisotopic (exact) mass is 255 g/mol. The van der Waals surface area contributed by atoms with Crippen molar-refractivity contribution in [3.63, 3.8) is 0 Å². The molecule has 0 saturated heterocycles. The quantitative estimate of drug-likeness (QED) is 0.877. The third-order valence-electron chi connectivity index (χ3n) is 3.48. The van der Waals surface area contributed by atoms with Crippen molar-refractivity contribution >= 4 is 11.5 Å². The number of nitrogens with zero attached hydrogens (tertiary/aromatic N) is 2. The van der Waals surface area contributed by atoms with E-state index in [1.54, 1.807) is 0 Å². The van der Waals surface area contributed by atoms with Gasteiger partial charge in [-0.05, 0) is 31.2 Å². The van der Waals surface area contributed by atoms with Gasteiger partial charge in [0.05, 0.1) is 6.61 Å². The highest BCUT2D eigenvalue weighted by atomic mass is 32.1. The molecule has 1 saturated carbocycles. The smallest absolute Gasteiger partial charge is 0.293 e. The van der Waals surface area contributed by atoms with Gasteiger partial charge in [-0.1, -0.05) is 20.3 Å². The third kappa shape index (κ3) is 3.16. The molecule has 5 heteroatoms. The van der Waals surface area contributed by atoms with E-state index in [-0.39, 0.29) is 0 Å². The summed E-state index contributed by atoms with van der Waals surface area (Å²) in [5.41, 5.74) is 5.76. The van der Waals surface area contributed by atoms with Gasteiger partial charge in [0, 0.05) is 17.5 Å². The standard InChI is InChI=1S/C12H21N3OS/c1-8(2)11-14-12(17-15-11)16-7-10-5-3-4-9(10)6-13/h8-10H,3-7,13H2,1-2H3. The average Bonchev–Trinajstić information content (AvgIpc) is 2.95. The Balaban J connectivity index is 1.84. The molecular formula is C12H21N3OS. The fourth-order valence-corrected chi connectivity index (χ4v) is 3.01. The van der Waals surface area contributed by atoms with E-state index >= 15 is 0 Å². The summed E-state index contributed by atoms with van der Waals surface area (Å²) in [6, 6.07) is 0. The van der Waals surface area contributed by atoms with Gasteiger partial charge in [0.2, 0.25) is 0 Å². The highest BCUT2D eigenvalue weighted by Gasteiger charge is 2.26. The third-order valence-corrected chi connectivity index (χ3v) is 4.12. The maximum absolute atomic E-state index is 5.76. The van der Waals surface area contributed by atoms with E-state index in [0.29, 0.717) is 22.9 Å². The first-order chi connectivity index (χ1) is 8.20. The highest BCUT2D eigenvalue weighted by Crippen LogP contribution is 2.31. The van der Waals surface area contributed by atoms with Gasteiger partial charge >= 0.3 is 0 Å². The molecule has 0 aromatic carbocycles. The Morgan fingerprint density at radius 1 is 1.41 bits per heavy atom. The molecule has 4 nitrogen and oxygen atoms in total. The zero-order valence-corrected chi connectivity index (χ0v) is 11.4. The lowest BCUT2D eigenvalue weighted by molar-refractivity contribution is 0.216. The highest BCUT2D eigenvalue weighted by molar-refractivity contribution is 7.07. The second kappa shape index (κ2) is 5.78. The Kier molecular flexibility index (Phi) is 4.34. The predicted octanol–water partition coefficient (Wildman–Crippen LogP) is 2.42. The molecule has 0 bridgehead atoms. The van der Waals surface area contributed by atoms with Crippen LogP contribution in [0.3, 0.4) is 0 Å². The Labute approximate surface area is 107 Å². The molecule has 2 rings (SSSR count). The molecule has 1 aromatic rings. The van der Waals surface area contributed by atoms with Gasteiger partial charge < -0.3 is 10.5 Å². The number of nitrogens with two attached hydrogens (primary N) is 1. The van der Waals surface area contributed by atoms with Crippen molar-refractivity contribution in [1.82, 2.24) is 9.36 Å². The molecule has 1 aliphatic rings. The van der Waals surface area contributed by atoms with Crippen LogP contribution in [0.5, 0.6) is 5.19 Å². The van der Waals surface area contributed by atoms with Gasteiger partial charge in [-0.3, -0.25) is 0 Å². The van der Waals surface area contributed by atoms with Crippen LogP contribution in [-0.4, -0.2) is 22.5 Å². The maximum atomic E-state index is 5.76. The van der Waals surface area contributed by atoms with E-state index in [0.717, 1.165) is 19.0 Å². The number of ether oxygens (including phenoxy) is 1. The van der Waals surface area contributed by atoms with Crippen LogP contribution < -0.4 is 10.5 Å². The van der Waals surface area contributed by atoms with Gasteiger partial charge in [0.1, 0.15) is 5.82 Å². The molecule has 0 amide bonds. The summed E-state index contributed by atoms with van der Waals surface area (Å²) >= 11 is 1.36. The van der Waals surface area contributed by atoms with E-state index in [2.05, 4.69) is 23.2 Å². The van der Waals surface area contributed by atoms with E-state index < -0.39 is 0 Å². The van der Waals surface area contributed by atoms with Gasteiger partial charge in [0.25, 0.3) is 5.19 Å². The zero-order valence-electron chi connectivity index (χ0n) is 10.6. The van der Waals surface area contributed by atoms with Crippen LogP contribution in [0.1, 0.15) is 44.9 Å². The lowest BCUT2D eigenvalue weighted by Crippen LogP contribution is -2.23. The van der Waals surface area contributed by atoms with E-state index in [9.17, 15) is 0 Å². The van der Waals surface area contributed by atoms with E-state index in [1.165, 1.54) is 30.8 Å². The zero-order chi connectivity index (χ0) is 12.3. The fourth-order valence-electron chi connectivity index (χ4n) is 2.33. The SMILES string of the molecule is CC(C)c1nsc(OCC2CCCC2CN)n1. The first-order valence-corrected chi connectivity index (χ1v) is 7.14. The summed E-state index contributed by atoms with van der Waals surface area (Å²) in [6.07, 6.45) is 3.76. The van der Waals surface area contributed by atoms with Crippen LogP contribution in [-0.2, 0) is 0 Å². The molecule has 1 aromatic heterocycles. The molecule has 0 radical (unpaired) electrons.